The van der Waals surface area contributed by atoms with Gasteiger partial charge in [0.15, 0.2) is 0 Å². The summed E-state index contributed by atoms with van der Waals surface area (Å²) >= 11 is 13.4. The van der Waals surface area contributed by atoms with E-state index in [1.54, 1.807) is 6.07 Å². The zero-order valence-electron chi connectivity index (χ0n) is 8.14. The van der Waals surface area contributed by atoms with Gasteiger partial charge < -0.3 is 0 Å². The average molecular weight is 398 g/mol. The maximum Gasteiger partial charge on any atom is 0.203 e. The normalized spacial score (nSPS) is 10.6. The average Bonchev–Trinajstić information content (AvgIpc) is 2.62. The van der Waals surface area contributed by atoms with Gasteiger partial charge in [-0.15, -0.1) is 11.3 Å². The Morgan fingerprint density at radius 1 is 1.29 bits per heavy atom. The van der Waals surface area contributed by atoms with Crippen LogP contribution in [0.25, 0.3) is 0 Å². The third-order valence-electron chi connectivity index (χ3n) is 2.05. The molecule has 0 amide bonds. The lowest BCUT2D eigenvalue weighted by molar-refractivity contribution is 0.104. The van der Waals surface area contributed by atoms with E-state index in [0.29, 0.717) is 19.2 Å². The minimum absolute atomic E-state index is 0.177. The SMILES string of the molecule is O=C(c1ccc(F)c(Br)c1)c1cc(Cl)c(Br)s1. The number of hydrogen-bond acceptors (Lipinski definition) is 2. The first-order chi connectivity index (χ1) is 7.99. The second-order valence-electron chi connectivity index (χ2n) is 3.19. The van der Waals surface area contributed by atoms with Crippen LogP contribution in [0.2, 0.25) is 5.02 Å². The molecule has 2 aromatic rings. The fraction of sp³-hybridized carbons (Fsp3) is 0. The molecule has 6 heteroatoms. The first-order valence-corrected chi connectivity index (χ1v) is 7.21. The Hall–Kier alpha value is -0.230. The minimum Gasteiger partial charge on any atom is -0.288 e. The second kappa shape index (κ2) is 5.18. The van der Waals surface area contributed by atoms with Crippen LogP contribution in [0.5, 0.6) is 0 Å². The van der Waals surface area contributed by atoms with E-state index in [2.05, 4.69) is 31.9 Å². The van der Waals surface area contributed by atoms with Crippen LogP contribution >= 0.6 is 54.8 Å². The van der Waals surface area contributed by atoms with Gasteiger partial charge in [-0.1, -0.05) is 11.6 Å². The lowest BCUT2D eigenvalue weighted by Gasteiger charge is -1.99. The molecule has 0 aliphatic rings. The van der Waals surface area contributed by atoms with Crippen molar-refractivity contribution in [2.24, 2.45) is 0 Å². The quantitative estimate of drug-likeness (QED) is 0.628. The monoisotopic (exact) mass is 396 g/mol. The van der Waals surface area contributed by atoms with Gasteiger partial charge in [-0.3, -0.25) is 4.79 Å². The highest BCUT2D eigenvalue weighted by Crippen LogP contribution is 2.33. The Morgan fingerprint density at radius 2 is 2.00 bits per heavy atom. The number of halogens is 4. The maximum atomic E-state index is 13.0. The lowest BCUT2D eigenvalue weighted by atomic mass is 10.1. The molecular weight excluding hydrogens is 394 g/mol. The topological polar surface area (TPSA) is 17.1 Å². The van der Waals surface area contributed by atoms with E-state index in [-0.39, 0.29) is 10.3 Å². The van der Waals surface area contributed by atoms with E-state index in [4.69, 9.17) is 11.6 Å². The number of thiophene rings is 1. The van der Waals surface area contributed by atoms with Crippen LogP contribution in [0.15, 0.2) is 32.5 Å². The van der Waals surface area contributed by atoms with Gasteiger partial charge in [-0.2, -0.15) is 0 Å². The van der Waals surface area contributed by atoms with Gasteiger partial charge in [0.05, 0.1) is 18.2 Å². The van der Waals surface area contributed by atoms with Crippen LogP contribution in [-0.2, 0) is 0 Å². The number of benzene rings is 1. The smallest absolute Gasteiger partial charge is 0.203 e. The van der Waals surface area contributed by atoms with E-state index in [1.807, 2.05) is 0 Å². The molecule has 0 fully saturated rings. The molecule has 1 nitrogen and oxygen atoms in total. The van der Waals surface area contributed by atoms with E-state index in [0.717, 1.165) is 0 Å². The van der Waals surface area contributed by atoms with Crippen LogP contribution in [0, 0.1) is 5.82 Å². The van der Waals surface area contributed by atoms with Crippen molar-refractivity contribution in [1.82, 2.24) is 0 Å². The first-order valence-electron chi connectivity index (χ1n) is 4.43. The fourth-order valence-electron chi connectivity index (χ4n) is 1.24. The highest BCUT2D eigenvalue weighted by atomic mass is 79.9. The standard InChI is InChI=1S/C11H4Br2ClFOS/c12-6-3-5(1-2-8(6)15)10(16)9-4-7(14)11(13)17-9/h1-4H. The number of rotatable bonds is 2. The summed E-state index contributed by atoms with van der Waals surface area (Å²) in [4.78, 5) is 12.6. The number of carbonyl (C=O) groups excluding carboxylic acids is 1. The molecule has 88 valence electrons. The van der Waals surface area contributed by atoms with Crippen LogP contribution in [0.3, 0.4) is 0 Å². The molecule has 2 rings (SSSR count). The summed E-state index contributed by atoms with van der Waals surface area (Å²) < 4.78 is 14.0. The van der Waals surface area contributed by atoms with Crippen LogP contribution < -0.4 is 0 Å². The molecule has 0 bridgehead atoms. The number of hydrogen-bond donors (Lipinski definition) is 0. The maximum absolute atomic E-state index is 13.0. The van der Waals surface area contributed by atoms with Gasteiger partial charge in [-0.05, 0) is 56.1 Å². The molecule has 0 aliphatic carbocycles. The summed E-state index contributed by atoms with van der Waals surface area (Å²) in [6.07, 6.45) is 0. The number of ketones is 1. The Morgan fingerprint density at radius 3 is 2.53 bits per heavy atom. The van der Waals surface area contributed by atoms with Crippen LogP contribution in [0.4, 0.5) is 4.39 Å². The molecule has 0 N–H and O–H groups in total. The fourth-order valence-corrected chi connectivity index (χ4v) is 3.28. The van der Waals surface area contributed by atoms with Gasteiger partial charge in [0.25, 0.3) is 0 Å². The molecule has 0 spiro atoms. The Labute approximate surface area is 123 Å². The largest absolute Gasteiger partial charge is 0.288 e. The van der Waals surface area contributed by atoms with Gasteiger partial charge in [0.2, 0.25) is 5.78 Å². The molecule has 1 aromatic carbocycles. The Bertz CT molecular complexity index is 578. The van der Waals surface area contributed by atoms with E-state index in [9.17, 15) is 9.18 Å². The van der Waals surface area contributed by atoms with Crippen molar-refractivity contribution < 1.29 is 9.18 Å². The van der Waals surface area contributed by atoms with Crippen molar-refractivity contribution in [3.8, 4) is 0 Å². The second-order valence-corrected chi connectivity index (χ2v) is 6.82. The molecular formula is C11H4Br2ClFOS. The molecule has 0 unspecified atom stereocenters. The van der Waals surface area contributed by atoms with Crippen molar-refractivity contribution in [2.75, 3.05) is 0 Å². The molecule has 17 heavy (non-hydrogen) atoms. The van der Waals surface area contributed by atoms with Crippen molar-refractivity contribution in [3.63, 3.8) is 0 Å². The van der Waals surface area contributed by atoms with Gasteiger partial charge >= 0.3 is 0 Å². The zero-order chi connectivity index (χ0) is 12.6. The molecule has 0 atom stereocenters. The molecule has 0 saturated heterocycles. The Balaban J connectivity index is 2.40. The molecule has 0 radical (unpaired) electrons. The van der Waals surface area contributed by atoms with Gasteiger partial charge in [0.1, 0.15) is 5.82 Å². The third kappa shape index (κ3) is 2.78. The van der Waals surface area contributed by atoms with Crippen molar-refractivity contribution in [3.05, 3.63) is 53.8 Å². The third-order valence-corrected chi connectivity index (χ3v) is 5.13. The lowest BCUT2D eigenvalue weighted by Crippen LogP contribution is -1.98. The highest BCUT2D eigenvalue weighted by molar-refractivity contribution is 9.11. The summed E-state index contributed by atoms with van der Waals surface area (Å²) in [5.41, 5.74) is 0.420. The predicted molar refractivity (Wildman–Crippen MR) is 74.6 cm³/mol. The summed E-state index contributed by atoms with van der Waals surface area (Å²) in [5.74, 6) is -0.574. The molecule has 1 heterocycles. The van der Waals surface area contributed by atoms with E-state index < -0.39 is 5.82 Å². The number of carbonyl (C=O) groups is 1. The Kier molecular flexibility index (Phi) is 4.02. The zero-order valence-corrected chi connectivity index (χ0v) is 12.9. The van der Waals surface area contributed by atoms with E-state index in [1.165, 1.54) is 29.5 Å². The molecule has 0 aliphatic heterocycles. The summed E-state index contributed by atoms with van der Waals surface area (Å²) in [7, 11) is 0. The summed E-state index contributed by atoms with van der Waals surface area (Å²) in [5, 5.41) is 0.500. The molecule has 1 aromatic heterocycles. The minimum atomic E-state index is -0.396. The van der Waals surface area contributed by atoms with Gasteiger partial charge in [-0.25, -0.2) is 4.39 Å². The first kappa shape index (κ1) is 13.2. The van der Waals surface area contributed by atoms with Crippen LogP contribution in [0.1, 0.15) is 15.2 Å². The van der Waals surface area contributed by atoms with E-state index >= 15 is 0 Å². The highest BCUT2D eigenvalue weighted by Gasteiger charge is 2.15. The van der Waals surface area contributed by atoms with Crippen molar-refractivity contribution in [2.45, 2.75) is 0 Å². The van der Waals surface area contributed by atoms with Crippen LogP contribution in [-0.4, -0.2) is 5.78 Å². The summed E-state index contributed by atoms with van der Waals surface area (Å²) in [6.45, 7) is 0. The van der Waals surface area contributed by atoms with Gasteiger partial charge in [0, 0.05) is 5.56 Å². The van der Waals surface area contributed by atoms with Crippen molar-refractivity contribution in [1.29, 1.82) is 0 Å². The van der Waals surface area contributed by atoms with Crippen molar-refractivity contribution >= 4 is 60.6 Å². The predicted octanol–water partition coefficient (Wildman–Crippen LogP) is 5.30. The molecule has 0 saturated carbocycles. The summed E-state index contributed by atoms with van der Waals surface area (Å²) in [6, 6.07) is 5.75.